The molecule has 3 aromatic rings. The maximum atomic E-state index is 9.26. The van der Waals surface area contributed by atoms with E-state index in [9.17, 15) is 5.26 Å². The highest BCUT2D eigenvalue weighted by Gasteiger charge is 2.19. The first-order valence-corrected chi connectivity index (χ1v) is 7.21. The molecule has 3 heteroatoms. The van der Waals surface area contributed by atoms with Crippen LogP contribution in [-0.2, 0) is 0 Å². The standard InChI is InChI=1S/C18H14ClNO/c1-11(2)17-14-8-13(12-6-4-3-5-7-12)9-15(19)18(14)21-16(17)10-20/h3-9,11H,1-2H3. The van der Waals surface area contributed by atoms with Gasteiger partial charge in [0.25, 0.3) is 0 Å². The molecule has 1 aromatic heterocycles. The third-order valence-electron chi connectivity index (χ3n) is 3.57. The van der Waals surface area contributed by atoms with Crippen LogP contribution in [0.25, 0.3) is 22.1 Å². The minimum absolute atomic E-state index is 0.197. The molecule has 2 nitrogen and oxygen atoms in total. The van der Waals surface area contributed by atoms with Gasteiger partial charge in [-0.05, 0) is 29.2 Å². The van der Waals surface area contributed by atoms with Crippen LogP contribution in [0.2, 0.25) is 5.02 Å². The van der Waals surface area contributed by atoms with Crippen molar-refractivity contribution in [1.29, 1.82) is 5.26 Å². The summed E-state index contributed by atoms with van der Waals surface area (Å²) >= 11 is 6.36. The summed E-state index contributed by atoms with van der Waals surface area (Å²) in [5.74, 6) is 0.551. The fourth-order valence-corrected chi connectivity index (χ4v) is 2.89. The number of nitriles is 1. The van der Waals surface area contributed by atoms with Crippen molar-refractivity contribution in [2.45, 2.75) is 19.8 Å². The number of furan rings is 1. The van der Waals surface area contributed by atoms with E-state index in [0.717, 1.165) is 22.1 Å². The zero-order valence-electron chi connectivity index (χ0n) is 11.9. The van der Waals surface area contributed by atoms with Gasteiger partial charge in [0.05, 0.1) is 5.02 Å². The van der Waals surface area contributed by atoms with Crippen molar-refractivity contribution in [3.05, 3.63) is 58.8 Å². The van der Waals surface area contributed by atoms with Gasteiger partial charge >= 0.3 is 0 Å². The van der Waals surface area contributed by atoms with Crippen LogP contribution in [0.3, 0.4) is 0 Å². The Hall–Kier alpha value is -2.24. The van der Waals surface area contributed by atoms with Gasteiger partial charge in [-0.3, -0.25) is 0 Å². The highest BCUT2D eigenvalue weighted by Crippen LogP contribution is 2.38. The van der Waals surface area contributed by atoms with Crippen LogP contribution in [0.4, 0.5) is 0 Å². The summed E-state index contributed by atoms with van der Waals surface area (Å²) in [5.41, 5.74) is 3.64. The van der Waals surface area contributed by atoms with Gasteiger partial charge in [-0.15, -0.1) is 0 Å². The molecule has 21 heavy (non-hydrogen) atoms. The second kappa shape index (κ2) is 5.27. The van der Waals surface area contributed by atoms with E-state index in [4.69, 9.17) is 16.0 Å². The van der Waals surface area contributed by atoms with Crippen LogP contribution in [0.1, 0.15) is 31.1 Å². The fraction of sp³-hybridized carbons (Fsp3) is 0.167. The number of benzene rings is 2. The van der Waals surface area contributed by atoms with Gasteiger partial charge in [-0.25, -0.2) is 0 Å². The van der Waals surface area contributed by atoms with Crippen LogP contribution in [0, 0.1) is 11.3 Å². The van der Waals surface area contributed by atoms with Gasteiger partial charge in [0.2, 0.25) is 5.76 Å². The third kappa shape index (κ3) is 2.30. The fourth-order valence-electron chi connectivity index (χ4n) is 2.63. The Morgan fingerprint density at radius 3 is 2.43 bits per heavy atom. The van der Waals surface area contributed by atoms with Gasteiger partial charge < -0.3 is 4.42 Å². The lowest BCUT2D eigenvalue weighted by atomic mass is 9.96. The van der Waals surface area contributed by atoms with Crippen molar-refractivity contribution >= 4 is 22.6 Å². The Morgan fingerprint density at radius 2 is 1.81 bits per heavy atom. The smallest absolute Gasteiger partial charge is 0.208 e. The van der Waals surface area contributed by atoms with E-state index in [2.05, 4.69) is 12.1 Å². The number of hydrogen-bond acceptors (Lipinski definition) is 2. The average molecular weight is 296 g/mol. The number of halogens is 1. The molecule has 0 fully saturated rings. The van der Waals surface area contributed by atoms with Crippen LogP contribution >= 0.6 is 11.6 Å². The molecule has 0 aliphatic carbocycles. The summed E-state index contributed by atoms with van der Waals surface area (Å²) in [6, 6.07) is 16.1. The topological polar surface area (TPSA) is 36.9 Å². The molecule has 0 aliphatic rings. The molecule has 0 spiro atoms. The van der Waals surface area contributed by atoms with Crippen LogP contribution in [0.5, 0.6) is 0 Å². The van der Waals surface area contributed by atoms with Gasteiger partial charge in [-0.1, -0.05) is 55.8 Å². The van der Waals surface area contributed by atoms with Crippen molar-refractivity contribution in [3.63, 3.8) is 0 Å². The third-order valence-corrected chi connectivity index (χ3v) is 3.85. The van der Waals surface area contributed by atoms with Crippen LogP contribution in [-0.4, -0.2) is 0 Å². The van der Waals surface area contributed by atoms with Gasteiger partial charge in [0, 0.05) is 10.9 Å². The molecule has 0 atom stereocenters. The van der Waals surface area contributed by atoms with Crippen LogP contribution in [0.15, 0.2) is 46.9 Å². The minimum atomic E-state index is 0.197. The Morgan fingerprint density at radius 1 is 1.10 bits per heavy atom. The lowest BCUT2D eigenvalue weighted by Gasteiger charge is -2.06. The molecular formula is C18H14ClNO. The molecule has 0 N–H and O–H groups in total. The maximum Gasteiger partial charge on any atom is 0.208 e. The average Bonchev–Trinajstić information content (AvgIpc) is 2.87. The molecule has 3 rings (SSSR count). The van der Waals surface area contributed by atoms with E-state index in [-0.39, 0.29) is 5.92 Å². The molecule has 2 aromatic carbocycles. The summed E-state index contributed by atoms with van der Waals surface area (Å²) in [7, 11) is 0. The van der Waals surface area contributed by atoms with Crippen molar-refractivity contribution in [3.8, 4) is 17.2 Å². The van der Waals surface area contributed by atoms with E-state index >= 15 is 0 Å². The van der Waals surface area contributed by atoms with E-state index < -0.39 is 0 Å². The number of nitrogens with zero attached hydrogens (tertiary/aromatic N) is 1. The monoisotopic (exact) mass is 295 g/mol. The summed E-state index contributed by atoms with van der Waals surface area (Å²) in [4.78, 5) is 0. The van der Waals surface area contributed by atoms with Crippen LogP contribution < -0.4 is 0 Å². The normalized spacial score (nSPS) is 11.0. The minimum Gasteiger partial charge on any atom is -0.444 e. The molecule has 0 bridgehead atoms. The highest BCUT2D eigenvalue weighted by molar-refractivity contribution is 6.35. The molecule has 0 saturated carbocycles. The van der Waals surface area contributed by atoms with Gasteiger partial charge in [-0.2, -0.15) is 5.26 Å². The van der Waals surface area contributed by atoms with E-state index in [1.165, 1.54) is 0 Å². The van der Waals surface area contributed by atoms with E-state index in [0.29, 0.717) is 16.4 Å². The first kappa shape index (κ1) is 13.7. The van der Waals surface area contributed by atoms with Gasteiger partial charge in [0.15, 0.2) is 5.58 Å². The van der Waals surface area contributed by atoms with E-state index in [1.807, 2.05) is 50.2 Å². The first-order valence-electron chi connectivity index (χ1n) is 6.83. The number of hydrogen-bond donors (Lipinski definition) is 0. The Bertz CT molecular complexity index is 841. The maximum absolute atomic E-state index is 9.26. The number of fused-ring (bicyclic) bond motifs is 1. The van der Waals surface area contributed by atoms with E-state index in [1.54, 1.807) is 0 Å². The molecule has 1 heterocycles. The summed E-state index contributed by atoms with van der Waals surface area (Å²) in [6.07, 6.45) is 0. The largest absolute Gasteiger partial charge is 0.444 e. The molecule has 0 radical (unpaired) electrons. The molecular weight excluding hydrogens is 282 g/mol. The predicted molar refractivity (Wildman–Crippen MR) is 85.5 cm³/mol. The SMILES string of the molecule is CC(C)c1c(C#N)oc2c(Cl)cc(-c3ccccc3)cc12. The lowest BCUT2D eigenvalue weighted by molar-refractivity contribution is 0.589. The predicted octanol–water partition coefficient (Wildman–Crippen LogP) is 5.75. The lowest BCUT2D eigenvalue weighted by Crippen LogP contribution is -1.89. The zero-order chi connectivity index (χ0) is 15.0. The van der Waals surface area contributed by atoms with Gasteiger partial charge in [0.1, 0.15) is 6.07 Å². The van der Waals surface area contributed by atoms with Crippen molar-refractivity contribution < 1.29 is 4.42 Å². The summed E-state index contributed by atoms with van der Waals surface area (Å²) < 4.78 is 5.64. The second-order valence-corrected chi connectivity index (χ2v) is 5.72. The Labute approximate surface area is 128 Å². The van der Waals surface area contributed by atoms with Crippen molar-refractivity contribution in [2.24, 2.45) is 0 Å². The molecule has 0 amide bonds. The Kier molecular flexibility index (Phi) is 3.45. The molecule has 104 valence electrons. The number of rotatable bonds is 2. The zero-order valence-corrected chi connectivity index (χ0v) is 12.6. The molecule has 0 saturated heterocycles. The summed E-state index contributed by atoms with van der Waals surface area (Å²) in [6.45, 7) is 4.10. The Balaban J connectivity index is 2.33. The highest BCUT2D eigenvalue weighted by atomic mass is 35.5. The first-order chi connectivity index (χ1) is 10.1. The molecule has 0 aliphatic heterocycles. The molecule has 0 unspecified atom stereocenters. The quantitative estimate of drug-likeness (QED) is 0.603. The second-order valence-electron chi connectivity index (χ2n) is 5.31. The van der Waals surface area contributed by atoms with Crippen molar-refractivity contribution in [1.82, 2.24) is 0 Å². The van der Waals surface area contributed by atoms with Crippen molar-refractivity contribution in [2.75, 3.05) is 0 Å². The summed E-state index contributed by atoms with van der Waals surface area (Å²) in [5, 5.41) is 10.7.